The van der Waals surface area contributed by atoms with Crippen LogP contribution in [0.1, 0.15) is 37.1 Å². The first-order chi connectivity index (χ1) is 23.0. The van der Waals surface area contributed by atoms with Crippen molar-refractivity contribution in [3.05, 3.63) is 50.9 Å². The number of anilines is 1. The van der Waals surface area contributed by atoms with Crippen molar-refractivity contribution >= 4 is 63.9 Å². The van der Waals surface area contributed by atoms with Crippen LogP contribution in [-0.2, 0) is 36.9 Å². The fraction of sp³-hybridized carbons (Fsp3) is 0.444. The number of nitrogens with zero attached hydrogens (tertiary/aromatic N) is 6. The van der Waals surface area contributed by atoms with E-state index in [4.69, 9.17) is 19.3 Å². The van der Waals surface area contributed by atoms with Gasteiger partial charge in [0.2, 0.25) is 17.4 Å². The molecule has 22 heteroatoms. The average Bonchev–Trinajstić information content (AvgIpc) is 3.86. The Bertz CT molecular complexity index is 1850. The van der Waals surface area contributed by atoms with Crippen LogP contribution in [0.4, 0.5) is 9.93 Å². The standard InChI is InChI=1S/C27H28N8O11S2.Na/c1-2-14-15(46-27(42)45-14)9-44-26(41)33-5-4-13(8-33)34-6-3-11(21(34)37)7-12-10-47-23-17(22(38)35(23)18(12)24(39)40)29-20(36)16(31-43)19-30-25(28)48-32-19;/h7,13,17,23,43H,2-6,8-10H2,1H3,(H,29,36)(H,39,40)(H2,28,30,32);/q;+1/p-1/b11-7+,31-16-;/t13-,17-,23-;/m1./s1. The van der Waals surface area contributed by atoms with Crippen molar-refractivity contribution < 1.29 is 77.4 Å². The topological polar surface area (TPSA) is 267 Å². The van der Waals surface area contributed by atoms with Gasteiger partial charge in [0.25, 0.3) is 11.8 Å². The van der Waals surface area contributed by atoms with Gasteiger partial charge in [-0.05, 0) is 24.5 Å². The quantitative estimate of drug-likeness (QED) is 0.0548. The number of fused-ring (bicyclic) bond motifs is 1. The number of allylic oxidation sites excluding steroid dienone is 1. The van der Waals surface area contributed by atoms with Crippen molar-refractivity contribution in [1.29, 1.82) is 0 Å². The second kappa shape index (κ2) is 14.7. The number of amides is 4. The van der Waals surface area contributed by atoms with Crippen LogP contribution in [0, 0.1) is 0 Å². The van der Waals surface area contributed by atoms with E-state index in [2.05, 4.69) is 19.8 Å². The van der Waals surface area contributed by atoms with Gasteiger partial charge in [-0.2, -0.15) is 9.36 Å². The van der Waals surface area contributed by atoms with Gasteiger partial charge in [0.15, 0.2) is 23.3 Å². The fourth-order valence-electron chi connectivity index (χ4n) is 5.90. The summed E-state index contributed by atoms with van der Waals surface area (Å²) in [5.41, 5.74) is 5.08. The van der Waals surface area contributed by atoms with Crippen molar-refractivity contribution in [2.75, 3.05) is 31.1 Å². The van der Waals surface area contributed by atoms with Gasteiger partial charge in [0.05, 0.1) is 17.7 Å². The Morgan fingerprint density at radius 1 is 1.22 bits per heavy atom. The third-order valence-electron chi connectivity index (χ3n) is 8.19. The molecular weight excluding hydrogens is 699 g/mol. The maximum atomic E-state index is 13.4. The predicted molar refractivity (Wildman–Crippen MR) is 161 cm³/mol. The van der Waals surface area contributed by atoms with Crippen molar-refractivity contribution in [1.82, 2.24) is 29.4 Å². The largest absolute Gasteiger partial charge is 1.00 e. The van der Waals surface area contributed by atoms with Gasteiger partial charge in [-0.15, -0.1) is 11.8 Å². The number of likely N-dealkylation sites (tertiary alicyclic amines) is 2. The Morgan fingerprint density at radius 3 is 2.65 bits per heavy atom. The van der Waals surface area contributed by atoms with E-state index in [-0.39, 0.29) is 82.7 Å². The van der Waals surface area contributed by atoms with Gasteiger partial charge in [-0.3, -0.25) is 19.3 Å². The number of oxime groups is 1. The minimum absolute atomic E-state index is 0. The Morgan fingerprint density at radius 2 is 1.98 bits per heavy atom. The number of carboxylic acid groups (broad SMARTS) is 1. The summed E-state index contributed by atoms with van der Waals surface area (Å²) in [5, 5.41) is 26.1. The summed E-state index contributed by atoms with van der Waals surface area (Å²) in [4.78, 5) is 83.3. The first-order valence-electron chi connectivity index (χ1n) is 14.6. The van der Waals surface area contributed by atoms with Crippen LogP contribution in [0.15, 0.2) is 41.7 Å². The molecule has 4 amide bonds. The Hall–Kier alpha value is -4.18. The Kier molecular flexibility index (Phi) is 10.9. The molecular formula is C27H27N8NaO11S2. The van der Waals surface area contributed by atoms with E-state index < -0.39 is 52.5 Å². The van der Waals surface area contributed by atoms with Crippen LogP contribution in [0.25, 0.3) is 0 Å². The molecule has 0 unspecified atom stereocenters. The smallest absolute Gasteiger partial charge is 0.543 e. The molecule has 3 saturated heterocycles. The number of hydrogen-bond acceptors (Lipinski definition) is 17. The summed E-state index contributed by atoms with van der Waals surface area (Å²) in [6.07, 6.45) is 2.00. The molecule has 6 rings (SSSR count). The molecule has 4 N–H and O–H groups in total. The summed E-state index contributed by atoms with van der Waals surface area (Å²) < 4.78 is 18.9. The summed E-state index contributed by atoms with van der Waals surface area (Å²) in [6, 6.07) is -1.45. The number of aryl methyl sites for hydroxylation is 1. The molecule has 2 aromatic rings. The first kappa shape index (κ1) is 36.1. The monoisotopic (exact) mass is 726 g/mol. The second-order valence-electron chi connectivity index (χ2n) is 10.9. The van der Waals surface area contributed by atoms with Crippen LogP contribution in [0.5, 0.6) is 0 Å². The molecule has 0 saturated carbocycles. The number of nitrogens with two attached hydrogens (primary N) is 1. The van der Waals surface area contributed by atoms with E-state index in [9.17, 15) is 39.1 Å². The Labute approximate surface area is 306 Å². The number of ether oxygens (including phenoxy) is 1. The number of rotatable bonds is 9. The number of β-lactam (4-membered cyclic amide) rings is 1. The van der Waals surface area contributed by atoms with Crippen LogP contribution in [-0.4, -0.2) is 108 Å². The maximum absolute atomic E-state index is 13.4. The van der Waals surface area contributed by atoms with Gasteiger partial charge in [0, 0.05) is 48.9 Å². The van der Waals surface area contributed by atoms with Gasteiger partial charge in [0.1, 0.15) is 11.4 Å². The van der Waals surface area contributed by atoms with Crippen LogP contribution in [0.3, 0.4) is 0 Å². The zero-order valence-corrected chi connectivity index (χ0v) is 29.7. The SMILES string of the molecule is CCc1oc(=O)oc1COC(=O)N1CC[C@@H](N2CC/C(=C\C3=C(C(=O)[O-])N4C(=O)[C@@H](NC(=O)/C(=N\O)c5nsc(N)n5)[C@H]4SC3)C2=O)C1.[Na+]. The van der Waals surface area contributed by atoms with E-state index >= 15 is 0 Å². The molecule has 3 atom stereocenters. The van der Waals surface area contributed by atoms with Crippen molar-refractivity contribution in [3.63, 3.8) is 0 Å². The second-order valence-corrected chi connectivity index (χ2v) is 12.8. The Balaban J connectivity index is 0.00000468. The minimum atomic E-state index is -1.63. The summed E-state index contributed by atoms with van der Waals surface area (Å²) >= 11 is 1.94. The van der Waals surface area contributed by atoms with E-state index in [1.165, 1.54) is 22.7 Å². The molecule has 0 bridgehead atoms. The number of thioether (sulfide) groups is 1. The van der Waals surface area contributed by atoms with E-state index in [1.807, 2.05) is 0 Å². The van der Waals surface area contributed by atoms with Gasteiger partial charge in [-0.1, -0.05) is 12.1 Å². The molecule has 0 spiro atoms. The van der Waals surface area contributed by atoms with E-state index in [0.717, 1.165) is 16.4 Å². The molecule has 2 aromatic heterocycles. The fourth-order valence-corrected chi connectivity index (χ4v) is 7.64. The molecule has 49 heavy (non-hydrogen) atoms. The number of hydrogen-bond donors (Lipinski definition) is 3. The van der Waals surface area contributed by atoms with Crippen molar-refractivity contribution in [2.45, 2.75) is 50.3 Å². The van der Waals surface area contributed by atoms with Crippen molar-refractivity contribution in [3.8, 4) is 0 Å². The van der Waals surface area contributed by atoms with Gasteiger partial charge in [-0.25, -0.2) is 9.59 Å². The van der Waals surface area contributed by atoms with Crippen LogP contribution < -0.4 is 51.5 Å². The molecule has 4 aliphatic heterocycles. The van der Waals surface area contributed by atoms with Crippen molar-refractivity contribution in [2.24, 2.45) is 5.16 Å². The summed E-state index contributed by atoms with van der Waals surface area (Å²) in [6.45, 7) is 2.36. The molecule has 6 heterocycles. The summed E-state index contributed by atoms with van der Waals surface area (Å²) in [7, 11) is 0. The zero-order chi connectivity index (χ0) is 34.3. The third kappa shape index (κ3) is 6.98. The number of aromatic nitrogens is 2. The van der Waals surface area contributed by atoms with Gasteiger partial charge < -0.3 is 49.5 Å². The predicted octanol–water partition coefficient (Wildman–Crippen LogP) is -4.62. The van der Waals surface area contributed by atoms with Gasteiger partial charge >= 0.3 is 41.5 Å². The minimum Gasteiger partial charge on any atom is -0.543 e. The number of aliphatic carboxylic acids is 1. The average molecular weight is 727 g/mol. The summed E-state index contributed by atoms with van der Waals surface area (Å²) in [5.74, 6) is -4.26. The van der Waals surface area contributed by atoms with Crippen LogP contribution in [0.2, 0.25) is 0 Å². The molecule has 0 aromatic carbocycles. The zero-order valence-electron chi connectivity index (χ0n) is 26.1. The van der Waals surface area contributed by atoms with E-state index in [1.54, 1.807) is 11.8 Å². The van der Waals surface area contributed by atoms with E-state index in [0.29, 0.717) is 43.7 Å². The number of carboxylic acids is 1. The first-order valence-corrected chi connectivity index (χ1v) is 16.4. The number of nitrogens with one attached hydrogen (secondary N) is 1. The van der Waals surface area contributed by atoms with Crippen LogP contribution >= 0.6 is 23.3 Å². The molecule has 0 aliphatic carbocycles. The number of carbonyl (C=O) groups excluding carboxylic acids is 5. The molecule has 4 aliphatic rings. The molecule has 254 valence electrons. The third-order valence-corrected chi connectivity index (χ3v) is 10.0. The molecule has 0 radical (unpaired) electrons. The maximum Gasteiger partial charge on any atom is 1.00 e. The molecule has 19 nitrogen and oxygen atoms in total. The number of carbonyl (C=O) groups is 5. The normalized spacial score (nSPS) is 23.0. The molecule has 3 fully saturated rings. The number of nitrogen functional groups attached to an aromatic ring is 1.